The summed E-state index contributed by atoms with van der Waals surface area (Å²) in [6.07, 6.45) is -0.987. The molecule has 2 N–H and O–H groups in total. The second kappa shape index (κ2) is 7.33. The van der Waals surface area contributed by atoms with E-state index in [4.69, 9.17) is 4.74 Å². The molecule has 2 aliphatic heterocycles. The fourth-order valence-electron chi connectivity index (χ4n) is 4.24. The molecular formula is C20H27N3O5. The van der Waals surface area contributed by atoms with Gasteiger partial charge in [-0.3, -0.25) is 9.69 Å². The summed E-state index contributed by atoms with van der Waals surface area (Å²) < 4.78 is 5.12. The van der Waals surface area contributed by atoms with E-state index in [9.17, 15) is 19.5 Å². The molecule has 2 fully saturated rings. The third-order valence-corrected chi connectivity index (χ3v) is 5.90. The molecule has 152 valence electrons. The van der Waals surface area contributed by atoms with Crippen LogP contribution >= 0.6 is 0 Å². The van der Waals surface area contributed by atoms with Crippen molar-refractivity contribution in [2.45, 2.75) is 45.4 Å². The maximum absolute atomic E-state index is 12.6. The van der Waals surface area contributed by atoms with Gasteiger partial charge >= 0.3 is 12.2 Å². The Labute approximate surface area is 164 Å². The number of nitrogens with one attached hydrogen (secondary N) is 1. The van der Waals surface area contributed by atoms with Gasteiger partial charge in [0.2, 0.25) is 5.91 Å². The number of amides is 3. The third-order valence-electron chi connectivity index (χ3n) is 5.90. The van der Waals surface area contributed by atoms with Crippen LogP contribution in [0.3, 0.4) is 0 Å². The molecule has 0 radical (unpaired) electrons. The van der Waals surface area contributed by atoms with Gasteiger partial charge in [0.05, 0.1) is 11.6 Å². The Morgan fingerprint density at radius 2 is 1.93 bits per heavy atom. The molecule has 1 aromatic rings. The minimum absolute atomic E-state index is 0.133. The average Bonchev–Trinajstić information content (AvgIpc) is 3.23. The van der Waals surface area contributed by atoms with Gasteiger partial charge < -0.3 is 20.1 Å². The molecule has 2 atom stereocenters. The van der Waals surface area contributed by atoms with Crippen molar-refractivity contribution in [3.8, 4) is 0 Å². The third kappa shape index (κ3) is 3.63. The highest BCUT2D eigenvalue weighted by atomic mass is 16.5. The molecule has 2 aliphatic rings. The Morgan fingerprint density at radius 3 is 2.54 bits per heavy atom. The number of piperazine rings is 1. The van der Waals surface area contributed by atoms with Gasteiger partial charge in [-0.1, -0.05) is 51.1 Å². The largest absolute Gasteiger partial charge is 0.465 e. The topological polar surface area (TPSA) is 99.2 Å². The smallest absolute Gasteiger partial charge is 0.407 e. The Balaban J connectivity index is 1.55. The van der Waals surface area contributed by atoms with Crippen LogP contribution in [0.1, 0.15) is 32.8 Å². The summed E-state index contributed by atoms with van der Waals surface area (Å²) in [4.78, 5) is 39.4. The highest BCUT2D eigenvalue weighted by Crippen LogP contribution is 2.50. The van der Waals surface area contributed by atoms with E-state index in [2.05, 4.69) is 5.32 Å². The van der Waals surface area contributed by atoms with Gasteiger partial charge in [-0.15, -0.1) is 0 Å². The van der Waals surface area contributed by atoms with Crippen molar-refractivity contribution in [2.75, 3.05) is 19.6 Å². The summed E-state index contributed by atoms with van der Waals surface area (Å²) in [5.41, 5.74) is -0.0498. The Bertz CT molecular complexity index is 761. The average molecular weight is 389 g/mol. The first-order valence-corrected chi connectivity index (χ1v) is 9.39. The Kier molecular flexibility index (Phi) is 5.23. The zero-order valence-corrected chi connectivity index (χ0v) is 16.5. The van der Waals surface area contributed by atoms with Crippen molar-refractivity contribution >= 4 is 18.1 Å². The van der Waals surface area contributed by atoms with Gasteiger partial charge in [-0.2, -0.15) is 0 Å². The van der Waals surface area contributed by atoms with Crippen LogP contribution in [0.4, 0.5) is 9.59 Å². The minimum atomic E-state index is -0.952. The van der Waals surface area contributed by atoms with E-state index in [0.717, 1.165) is 5.56 Å². The number of nitrogens with zero attached hydrogens (tertiary/aromatic N) is 2. The summed E-state index contributed by atoms with van der Waals surface area (Å²) in [5.74, 6) is -0.224. The van der Waals surface area contributed by atoms with E-state index < -0.39 is 17.7 Å². The molecule has 0 spiro atoms. The van der Waals surface area contributed by atoms with E-state index in [0.29, 0.717) is 19.5 Å². The zero-order valence-electron chi connectivity index (χ0n) is 16.5. The molecule has 2 bridgehead atoms. The molecule has 2 saturated heterocycles. The lowest BCUT2D eigenvalue weighted by molar-refractivity contribution is -0.134. The molecule has 0 aromatic heterocycles. The van der Waals surface area contributed by atoms with Crippen molar-refractivity contribution in [1.82, 2.24) is 15.1 Å². The number of carbonyl (C=O) groups is 3. The quantitative estimate of drug-likeness (QED) is 0.823. The minimum Gasteiger partial charge on any atom is -0.465 e. The van der Waals surface area contributed by atoms with E-state index >= 15 is 0 Å². The first kappa shape index (κ1) is 20.0. The summed E-state index contributed by atoms with van der Waals surface area (Å²) in [5, 5.41) is 12.1. The van der Waals surface area contributed by atoms with E-state index in [1.165, 1.54) is 4.90 Å². The van der Waals surface area contributed by atoms with E-state index in [1.54, 1.807) is 4.90 Å². The monoisotopic (exact) mass is 389 g/mol. The lowest BCUT2D eigenvalue weighted by Gasteiger charge is -2.48. The van der Waals surface area contributed by atoms with Gasteiger partial charge in [0.15, 0.2) is 0 Å². The van der Waals surface area contributed by atoms with Crippen LogP contribution in [0.2, 0.25) is 0 Å². The van der Waals surface area contributed by atoms with Crippen LogP contribution < -0.4 is 5.32 Å². The van der Waals surface area contributed by atoms with Gasteiger partial charge in [-0.05, 0) is 17.4 Å². The fraction of sp³-hybridized carbons (Fsp3) is 0.550. The van der Waals surface area contributed by atoms with E-state index in [-0.39, 0.29) is 30.5 Å². The number of rotatable bonds is 4. The normalized spacial score (nSPS) is 23.6. The number of likely N-dealkylation sites (tertiary alicyclic amines) is 2. The van der Waals surface area contributed by atoms with Crippen LogP contribution in [0.25, 0.3) is 0 Å². The molecular weight excluding hydrogens is 362 g/mol. The molecule has 0 saturated carbocycles. The van der Waals surface area contributed by atoms with Crippen molar-refractivity contribution in [3.63, 3.8) is 0 Å². The molecule has 2 heterocycles. The molecule has 0 aliphatic carbocycles. The lowest BCUT2D eigenvalue weighted by Crippen LogP contribution is -2.62. The number of alkyl carbamates (subject to hydrolysis) is 1. The Hall–Kier alpha value is -2.77. The maximum atomic E-state index is 12.6. The molecule has 28 heavy (non-hydrogen) atoms. The number of fused-ring (bicyclic) bond motifs is 2. The molecule has 8 nitrogen and oxygen atoms in total. The fourth-order valence-corrected chi connectivity index (χ4v) is 4.24. The zero-order chi connectivity index (χ0) is 20.5. The first-order chi connectivity index (χ1) is 13.1. The number of carboxylic acid groups (broad SMARTS) is 1. The van der Waals surface area contributed by atoms with Gasteiger partial charge in [0.1, 0.15) is 13.2 Å². The highest BCUT2D eigenvalue weighted by Gasteiger charge is 2.62. The van der Waals surface area contributed by atoms with Crippen LogP contribution in [0.5, 0.6) is 0 Å². The first-order valence-electron chi connectivity index (χ1n) is 9.39. The summed E-state index contributed by atoms with van der Waals surface area (Å²) >= 11 is 0. The van der Waals surface area contributed by atoms with Crippen LogP contribution in [-0.4, -0.2) is 64.2 Å². The van der Waals surface area contributed by atoms with Crippen molar-refractivity contribution < 1.29 is 24.2 Å². The van der Waals surface area contributed by atoms with Crippen molar-refractivity contribution in [2.24, 2.45) is 5.41 Å². The van der Waals surface area contributed by atoms with Crippen LogP contribution in [0, 0.1) is 5.41 Å². The molecule has 3 rings (SSSR count). The number of hydrogen-bond donors (Lipinski definition) is 2. The Morgan fingerprint density at radius 1 is 1.25 bits per heavy atom. The second-order valence-corrected chi connectivity index (χ2v) is 8.47. The standard InChI is InChI=1S/C20H27N3O5/c1-19(2,3)20-9-15(11-23(20)18(26)27)22(13-20)16(24)10-21-17(25)28-12-14-7-5-4-6-8-14/h4-8,15H,9-13H2,1-3H3,(H,21,25)(H,26,27)/t15-,20+/m0/s1. The summed E-state index contributed by atoms with van der Waals surface area (Å²) in [7, 11) is 0. The van der Waals surface area contributed by atoms with Gasteiger partial charge in [0.25, 0.3) is 0 Å². The second-order valence-electron chi connectivity index (χ2n) is 8.47. The molecule has 3 amide bonds. The van der Waals surface area contributed by atoms with Crippen molar-refractivity contribution in [3.05, 3.63) is 35.9 Å². The van der Waals surface area contributed by atoms with Gasteiger partial charge in [-0.25, -0.2) is 9.59 Å². The van der Waals surface area contributed by atoms with Crippen LogP contribution in [-0.2, 0) is 16.1 Å². The van der Waals surface area contributed by atoms with Gasteiger partial charge in [0, 0.05) is 13.1 Å². The predicted molar refractivity (Wildman–Crippen MR) is 102 cm³/mol. The number of carbonyl (C=O) groups excluding carboxylic acids is 2. The van der Waals surface area contributed by atoms with E-state index in [1.807, 2.05) is 51.1 Å². The molecule has 1 aromatic carbocycles. The van der Waals surface area contributed by atoms with Crippen molar-refractivity contribution in [1.29, 1.82) is 0 Å². The summed E-state index contributed by atoms with van der Waals surface area (Å²) in [6, 6.07) is 9.12. The SMILES string of the molecule is CC(C)(C)[C@]12C[C@@H](CN1C(=O)O)N(C(=O)CNC(=O)OCc1ccccc1)C2. The summed E-state index contributed by atoms with van der Waals surface area (Å²) in [6.45, 7) is 6.60. The number of benzene rings is 1. The highest BCUT2D eigenvalue weighted by molar-refractivity contribution is 5.83. The maximum Gasteiger partial charge on any atom is 0.407 e. The lowest BCUT2D eigenvalue weighted by atomic mass is 9.73. The number of ether oxygens (including phenoxy) is 1. The number of hydrogen-bond acceptors (Lipinski definition) is 4. The predicted octanol–water partition coefficient (Wildman–Crippen LogP) is 2.29. The molecule has 0 unspecified atom stereocenters. The van der Waals surface area contributed by atoms with Crippen LogP contribution in [0.15, 0.2) is 30.3 Å². The molecule has 8 heteroatoms.